The minimum atomic E-state index is 0.107. The second-order valence-electron chi connectivity index (χ2n) is 8.43. The van der Waals surface area contributed by atoms with Gasteiger partial charge in [0, 0.05) is 51.8 Å². The van der Waals surface area contributed by atoms with Gasteiger partial charge in [-0.1, -0.05) is 42.5 Å². The minimum absolute atomic E-state index is 0.107. The Bertz CT molecular complexity index is 798. The summed E-state index contributed by atoms with van der Waals surface area (Å²) in [7, 11) is 3.85. The van der Waals surface area contributed by atoms with Gasteiger partial charge in [-0.25, -0.2) is 0 Å². The van der Waals surface area contributed by atoms with Crippen LogP contribution in [0, 0.1) is 0 Å². The van der Waals surface area contributed by atoms with Crippen molar-refractivity contribution in [2.75, 3.05) is 53.5 Å². The first kappa shape index (κ1) is 24.2. The van der Waals surface area contributed by atoms with Crippen LogP contribution in [0.2, 0.25) is 0 Å². The molecule has 0 spiro atoms. The summed E-state index contributed by atoms with van der Waals surface area (Å²) in [6.07, 6.45) is 2.20. The van der Waals surface area contributed by atoms with Gasteiger partial charge in [-0.15, -0.1) is 0 Å². The van der Waals surface area contributed by atoms with E-state index >= 15 is 0 Å². The fraction of sp³-hybridized carbons (Fsp3) is 0.500. The zero-order valence-electron chi connectivity index (χ0n) is 19.5. The molecule has 1 N–H and O–H groups in total. The Morgan fingerprint density at radius 2 is 1.84 bits per heavy atom. The highest BCUT2D eigenvalue weighted by atomic mass is 16.5. The molecule has 2 aromatic rings. The van der Waals surface area contributed by atoms with Crippen LogP contribution in [0.25, 0.3) is 0 Å². The standard InChI is InChI=1S/C26H37N3O3/c1-28-17-18-29(25(20-28)23-8-4-3-5-9-23)16-7-15-27-26(30)10-6-19-32-21-22-11-13-24(31-2)14-12-22/h3-5,8-9,11-14,25H,6-7,10,15-21H2,1-2H3,(H,27,30)/t25-/m1/s1. The average molecular weight is 440 g/mol. The number of carbonyl (C=O) groups excluding carboxylic acids is 1. The third-order valence-corrected chi connectivity index (χ3v) is 5.94. The highest BCUT2D eigenvalue weighted by molar-refractivity contribution is 5.75. The molecule has 6 heteroatoms. The molecule has 1 atom stereocenters. The third kappa shape index (κ3) is 7.93. The van der Waals surface area contributed by atoms with Crippen molar-refractivity contribution in [2.24, 2.45) is 0 Å². The fourth-order valence-electron chi connectivity index (χ4n) is 4.06. The first-order chi connectivity index (χ1) is 15.7. The smallest absolute Gasteiger partial charge is 0.220 e. The Morgan fingerprint density at radius 3 is 2.59 bits per heavy atom. The quantitative estimate of drug-likeness (QED) is 0.513. The maximum Gasteiger partial charge on any atom is 0.220 e. The summed E-state index contributed by atoms with van der Waals surface area (Å²) >= 11 is 0. The minimum Gasteiger partial charge on any atom is -0.497 e. The van der Waals surface area contributed by atoms with Crippen molar-refractivity contribution >= 4 is 5.91 Å². The summed E-state index contributed by atoms with van der Waals surface area (Å²) in [6, 6.07) is 19.0. The summed E-state index contributed by atoms with van der Waals surface area (Å²) < 4.78 is 10.8. The van der Waals surface area contributed by atoms with Crippen LogP contribution in [0.4, 0.5) is 0 Å². The van der Waals surface area contributed by atoms with Crippen molar-refractivity contribution in [2.45, 2.75) is 31.9 Å². The molecule has 1 amide bonds. The zero-order valence-corrected chi connectivity index (χ0v) is 19.5. The van der Waals surface area contributed by atoms with E-state index in [4.69, 9.17) is 9.47 Å². The third-order valence-electron chi connectivity index (χ3n) is 5.94. The predicted molar refractivity (Wildman–Crippen MR) is 128 cm³/mol. The Kier molecular flexibility index (Phi) is 10.0. The van der Waals surface area contributed by atoms with Crippen LogP contribution in [0.15, 0.2) is 54.6 Å². The van der Waals surface area contributed by atoms with Crippen LogP contribution in [-0.2, 0) is 16.1 Å². The summed E-state index contributed by atoms with van der Waals surface area (Å²) in [5.74, 6) is 0.949. The van der Waals surface area contributed by atoms with Crippen molar-refractivity contribution in [3.8, 4) is 5.75 Å². The van der Waals surface area contributed by atoms with Crippen LogP contribution < -0.4 is 10.1 Å². The first-order valence-electron chi connectivity index (χ1n) is 11.6. The van der Waals surface area contributed by atoms with E-state index < -0.39 is 0 Å². The van der Waals surface area contributed by atoms with Gasteiger partial charge in [0.2, 0.25) is 5.91 Å². The Labute approximate surface area is 192 Å². The molecule has 0 aromatic heterocycles. The lowest BCUT2D eigenvalue weighted by atomic mass is 10.0. The average Bonchev–Trinajstić information content (AvgIpc) is 2.83. The van der Waals surface area contributed by atoms with E-state index in [0.717, 1.165) is 56.9 Å². The number of amides is 1. The summed E-state index contributed by atoms with van der Waals surface area (Å²) in [4.78, 5) is 17.1. The molecule has 6 nitrogen and oxygen atoms in total. The fourth-order valence-corrected chi connectivity index (χ4v) is 4.06. The predicted octanol–water partition coefficient (Wildman–Crippen LogP) is 3.49. The molecule has 1 aliphatic rings. The lowest BCUT2D eigenvalue weighted by Gasteiger charge is -2.40. The molecule has 1 saturated heterocycles. The molecule has 1 aliphatic heterocycles. The number of nitrogens with zero attached hydrogens (tertiary/aromatic N) is 2. The molecule has 1 fully saturated rings. The van der Waals surface area contributed by atoms with Crippen LogP contribution in [0.3, 0.4) is 0 Å². The van der Waals surface area contributed by atoms with Gasteiger partial charge in [-0.2, -0.15) is 0 Å². The lowest BCUT2D eigenvalue weighted by Crippen LogP contribution is -2.47. The topological polar surface area (TPSA) is 54.0 Å². The van der Waals surface area contributed by atoms with Crippen molar-refractivity contribution in [3.63, 3.8) is 0 Å². The van der Waals surface area contributed by atoms with Crippen LogP contribution >= 0.6 is 0 Å². The van der Waals surface area contributed by atoms with Gasteiger partial charge in [-0.3, -0.25) is 9.69 Å². The number of hydrogen-bond donors (Lipinski definition) is 1. The Hall–Kier alpha value is -2.41. The zero-order chi connectivity index (χ0) is 22.6. The molecule has 0 bridgehead atoms. The van der Waals surface area contributed by atoms with Crippen molar-refractivity contribution < 1.29 is 14.3 Å². The second kappa shape index (κ2) is 13.2. The summed E-state index contributed by atoms with van der Waals surface area (Å²) in [5, 5.41) is 3.06. The van der Waals surface area contributed by atoms with Gasteiger partial charge in [0.1, 0.15) is 5.75 Å². The molecule has 2 aromatic carbocycles. The lowest BCUT2D eigenvalue weighted by molar-refractivity contribution is -0.121. The van der Waals surface area contributed by atoms with E-state index in [9.17, 15) is 4.79 Å². The maximum absolute atomic E-state index is 12.1. The van der Waals surface area contributed by atoms with Gasteiger partial charge in [0.25, 0.3) is 0 Å². The largest absolute Gasteiger partial charge is 0.497 e. The molecule has 174 valence electrons. The monoisotopic (exact) mass is 439 g/mol. The molecule has 1 heterocycles. The molecule has 0 radical (unpaired) electrons. The van der Waals surface area contributed by atoms with E-state index in [2.05, 4.69) is 52.5 Å². The molecule has 0 aliphatic carbocycles. The van der Waals surface area contributed by atoms with Crippen molar-refractivity contribution in [1.82, 2.24) is 15.1 Å². The number of hydrogen-bond acceptors (Lipinski definition) is 5. The van der Waals surface area contributed by atoms with E-state index in [-0.39, 0.29) is 5.91 Å². The van der Waals surface area contributed by atoms with Crippen LogP contribution in [-0.4, -0.2) is 69.2 Å². The second-order valence-corrected chi connectivity index (χ2v) is 8.43. The molecule has 3 rings (SSSR count). The van der Waals surface area contributed by atoms with Gasteiger partial charge in [0.15, 0.2) is 0 Å². The molecule has 0 unspecified atom stereocenters. The Balaban J connectivity index is 1.27. The van der Waals surface area contributed by atoms with Crippen molar-refractivity contribution in [3.05, 3.63) is 65.7 Å². The summed E-state index contributed by atoms with van der Waals surface area (Å²) in [6.45, 7) is 6.06. The molecular weight excluding hydrogens is 402 g/mol. The van der Waals surface area contributed by atoms with E-state index in [0.29, 0.717) is 25.7 Å². The maximum atomic E-state index is 12.1. The van der Waals surface area contributed by atoms with Gasteiger partial charge in [-0.05, 0) is 43.1 Å². The summed E-state index contributed by atoms with van der Waals surface area (Å²) in [5.41, 5.74) is 2.48. The van der Waals surface area contributed by atoms with E-state index in [1.165, 1.54) is 5.56 Å². The normalized spacial score (nSPS) is 17.2. The number of benzene rings is 2. The first-order valence-corrected chi connectivity index (χ1v) is 11.6. The van der Waals surface area contributed by atoms with Crippen LogP contribution in [0.1, 0.15) is 36.4 Å². The number of methoxy groups -OCH3 is 1. The van der Waals surface area contributed by atoms with Crippen molar-refractivity contribution in [1.29, 1.82) is 0 Å². The number of likely N-dealkylation sites (N-methyl/N-ethyl adjacent to an activating group) is 1. The van der Waals surface area contributed by atoms with Crippen LogP contribution in [0.5, 0.6) is 5.75 Å². The molecule has 32 heavy (non-hydrogen) atoms. The molecular formula is C26H37N3O3. The number of rotatable bonds is 12. The van der Waals surface area contributed by atoms with E-state index in [1.54, 1.807) is 7.11 Å². The molecule has 0 saturated carbocycles. The Morgan fingerprint density at radius 1 is 1.06 bits per heavy atom. The van der Waals surface area contributed by atoms with E-state index in [1.807, 2.05) is 24.3 Å². The number of ether oxygens (including phenoxy) is 2. The van der Waals surface area contributed by atoms with Gasteiger partial charge in [0.05, 0.1) is 13.7 Å². The number of carbonyl (C=O) groups is 1. The SMILES string of the molecule is COc1ccc(COCCCC(=O)NCCCN2CCN(C)C[C@@H]2c2ccccc2)cc1. The van der Waals surface area contributed by atoms with Gasteiger partial charge < -0.3 is 19.7 Å². The highest BCUT2D eigenvalue weighted by Crippen LogP contribution is 2.24. The number of piperazine rings is 1. The highest BCUT2D eigenvalue weighted by Gasteiger charge is 2.25. The van der Waals surface area contributed by atoms with Gasteiger partial charge >= 0.3 is 0 Å². The number of nitrogens with one attached hydrogen (secondary N) is 1.